The summed E-state index contributed by atoms with van der Waals surface area (Å²) < 4.78 is 29.3. The number of rotatable bonds is 10. The van der Waals surface area contributed by atoms with Gasteiger partial charge >= 0.3 is 0 Å². The molecule has 1 fully saturated rings. The minimum absolute atomic E-state index is 0.0179. The Morgan fingerprint density at radius 2 is 1.60 bits per heavy atom. The van der Waals surface area contributed by atoms with E-state index in [9.17, 15) is 14.3 Å². The van der Waals surface area contributed by atoms with E-state index in [2.05, 4.69) is 57.6 Å². The van der Waals surface area contributed by atoms with Crippen LogP contribution in [0.15, 0.2) is 84.9 Å². The Balaban J connectivity index is 1.60. The summed E-state index contributed by atoms with van der Waals surface area (Å²) in [6.07, 6.45) is 0.501. The maximum absolute atomic E-state index is 14.3. The van der Waals surface area contributed by atoms with Crippen molar-refractivity contribution in [1.29, 1.82) is 0 Å². The summed E-state index contributed by atoms with van der Waals surface area (Å²) in [5, 5.41) is 14.0. The Hall–Kier alpha value is -3.56. The predicted molar refractivity (Wildman–Crippen MR) is 191 cm³/mol. The van der Waals surface area contributed by atoms with Crippen molar-refractivity contribution in [3.63, 3.8) is 0 Å². The van der Waals surface area contributed by atoms with Crippen LogP contribution in [-0.4, -0.2) is 42.4 Å². The van der Waals surface area contributed by atoms with Crippen LogP contribution in [0, 0.1) is 5.82 Å². The monoisotopic (exact) mass is 656 g/mol. The molecule has 0 saturated carbocycles. The van der Waals surface area contributed by atoms with E-state index in [-0.39, 0.29) is 34.9 Å². The molecule has 2 heterocycles. The lowest BCUT2D eigenvalue weighted by atomic mass is 9.94. The number of carbonyl (C=O) groups excluding carboxylic acids is 1. The number of anilines is 1. The highest BCUT2D eigenvalue weighted by Crippen LogP contribution is 2.43. The van der Waals surface area contributed by atoms with Crippen LogP contribution in [-0.2, 0) is 15.7 Å². The smallest absolute Gasteiger partial charge is 0.258 e. The van der Waals surface area contributed by atoms with Gasteiger partial charge in [-0.2, -0.15) is 0 Å². The zero-order valence-electron chi connectivity index (χ0n) is 28.7. The number of hydrogen-bond acceptors (Lipinski definition) is 4. The van der Waals surface area contributed by atoms with Gasteiger partial charge in [0.25, 0.3) is 5.91 Å². The average molecular weight is 657 g/mol. The highest BCUT2D eigenvalue weighted by molar-refractivity contribution is 6.74. The summed E-state index contributed by atoms with van der Waals surface area (Å²) >= 11 is 0. The minimum atomic E-state index is -2.05. The van der Waals surface area contributed by atoms with Gasteiger partial charge in [-0.25, -0.2) is 4.39 Å². The van der Waals surface area contributed by atoms with Crippen molar-refractivity contribution in [3.8, 4) is 22.4 Å². The highest BCUT2D eigenvalue weighted by Gasteiger charge is 2.41. The van der Waals surface area contributed by atoms with Crippen LogP contribution in [0.3, 0.4) is 0 Å². The molecule has 3 aromatic carbocycles. The summed E-state index contributed by atoms with van der Waals surface area (Å²) in [7, 11) is -2.05. The molecular formula is C39H49FN2O4Si. The quantitative estimate of drug-likeness (QED) is 0.167. The molecule has 1 aliphatic heterocycles. The topological polar surface area (TPSA) is 72.7 Å². The second kappa shape index (κ2) is 14.3. The lowest BCUT2D eigenvalue weighted by molar-refractivity contribution is -0.188. The number of aromatic nitrogens is 1. The molecular weight excluding hydrogens is 608 g/mol. The molecule has 250 valence electrons. The molecule has 4 aromatic rings. The van der Waals surface area contributed by atoms with Crippen molar-refractivity contribution >= 4 is 19.9 Å². The van der Waals surface area contributed by atoms with Crippen LogP contribution in [0.4, 0.5) is 10.1 Å². The molecule has 6 nitrogen and oxygen atoms in total. The van der Waals surface area contributed by atoms with E-state index in [1.165, 1.54) is 12.1 Å². The van der Waals surface area contributed by atoms with E-state index in [1.54, 1.807) is 12.1 Å². The van der Waals surface area contributed by atoms with Gasteiger partial charge in [0.15, 0.2) is 14.6 Å². The maximum atomic E-state index is 14.3. The van der Waals surface area contributed by atoms with Crippen LogP contribution in [0.2, 0.25) is 18.1 Å². The molecule has 47 heavy (non-hydrogen) atoms. The Bertz CT molecular complexity index is 1650. The Labute approximate surface area is 280 Å². The standard InChI is InChI=1S/C39H49FN2O4Si/c1-26(2)36-35(38(44)41-30-16-12-9-13-17-30)34(27-14-10-8-11-15-27)37(28-18-20-29(40)21-19-28)42(36)23-22-31-24-32(25-33(43)45-31)46-47(6,7)39(3,4)5/h8-21,26,31-33,43H,22-25H2,1-7H3,(H,41,44)/t31-,32-,33?/m1/s1. The van der Waals surface area contributed by atoms with Gasteiger partial charge in [-0.15, -0.1) is 0 Å². The maximum Gasteiger partial charge on any atom is 0.258 e. The molecule has 1 saturated heterocycles. The Morgan fingerprint density at radius 3 is 2.19 bits per heavy atom. The van der Waals surface area contributed by atoms with Crippen molar-refractivity contribution in [2.24, 2.45) is 0 Å². The molecule has 8 heteroatoms. The average Bonchev–Trinajstić information content (AvgIpc) is 3.36. The van der Waals surface area contributed by atoms with Crippen molar-refractivity contribution in [1.82, 2.24) is 4.57 Å². The van der Waals surface area contributed by atoms with Crippen molar-refractivity contribution < 1.29 is 23.5 Å². The van der Waals surface area contributed by atoms with Crippen molar-refractivity contribution in [2.45, 2.75) is 103 Å². The SMILES string of the molecule is CC(C)c1c(C(=O)Nc2ccccc2)c(-c2ccccc2)c(-c2ccc(F)cc2)n1CC[C@@H]1C[C@@H](O[Si](C)(C)C(C)(C)C)CC(O)O1. The largest absolute Gasteiger partial charge is 0.414 e. The van der Waals surface area contributed by atoms with Gasteiger partial charge in [-0.05, 0) is 84.4 Å². The van der Waals surface area contributed by atoms with Crippen molar-refractivity contribution in [3.05, 3.63) is 102 Å². The number of aliphatic hydroxyl groups is 1. The third-order valence-electron chi connectivity index (χ3n) is 9.57. The van der Waals surface area contributed by atoms with E-state index in [1.807, 2.05) is 60.7 Å². The van der Waals surface area contributed by atoms with E-state index in [4.69, 9.17) is 9.16 Å². The van der Waals surface area contributed by atoms with Gasteiger partial charge in [0.05, 0.1) is 23.5 Å². The number of nitrogens with one attached hydrogen (secondary N) is 1. The van der Waals surface area contributed by atoms with Gasteiger partial charge in [-0.3, -0.25) is 4.79 Å². The number of aliphatic hydroxyl groups excluding tert-OH is 1. The molecule has 3 atom stereocenters. The summed E-state index contributed by atoms with van der Waals surface area (Å²) in [6.45, 7) is 15.9. The van der Waals surface area contributed by atoms with Crippen LogP contribution in [0.25, 0.3) is 22.4 Å². The molecule has 0 spiro atoms. The van der Waals surface area contributed by atoms with Gasteiger partial charge in [-0.1, -0.05) is 83.1 Å². The number of hydrogen-bond donors (Lipinski definition) is 2. The number of nitrogens with zero attached hydrogens (tertiary/aromatic N) is 1. The summed E-state index contributed by atoms with van der Waals surface area (Å²) in [4.78, 5) is 14.3. The van der Waals surface area contributed by atoms with Crippen LogP contribution in [0.5, 0.6) is 0 Å². The summed E-state index contributed by atoms with van der Waals surface area (Å²) in [5.74, 6) is -0.541. The minimum Gasteiger partial charge on any atom is -0.414 e. The van der Waals surface area contributed by atoms with E-state index in [0.717, 1.165) is 28.1 Å². The number of ether oxygens (including phenoxy) is 1. The van der Waals surface area contributed by atoms with Gasteiger partial charge < -0.3 is 24.2 Å². The predicted octanol–water partition coefficient (Wildman–Crippen LogP) is 9.61. The molecule has 0 bridgehead atoms. The first-order valence-corrected chi connectivity index (χ1v) is 19.6. The number of para-hydroxylation sites is 1. The van der Waals surface area contributed by atoms with E-state index in [0.29, 0.717) is 37.1 Å². The Morgan fingerprint density at radius 1 is 0.979 bits per heavy atom. The fraction of sp³-hybridized carbons (Fsp3) is 0.410. The first kappa shape index (κ1) is 34.8. The zero-order valence-corrected chi connectivity index (χ0v) is 29.7. The normalized spacial score (nSPS) is 18.8. The molecule has 0 aliphatic carbocycles. The first-order chi connectivity index (χ1) is 22.2. The van der Waals surface area contributed by atoms with E-state index >= 15 is 0 Å². The second-order valence-electron chi connectivity index (χ2n) is 14.5. The molecule has 5 rings (SSSR count). The molecule has 1 aliphatic rings. The lowest BCUT2D eigenvalue weighted by Gasteiger charge is -2.42. The van der Waals surface area contributed by atoms with Crippen molar-refractivity contribution in [2.75, 3.05) is 5.32 Å². The zero-order chi connectivity index (χ0) is 33.9. The first-order valence-electron chi connectivity index (χ1n) is 16.7. The van der Waals surface area contributed by atoms with Gasteiger partial charge in [0, 0.05) is 29.9 Å². The number of benzene rings is 3. The number of carbonyl (C=O) groups is 1. The fourth-order valence-electron chi connectivity index (χ4n) is 6.30. The number of halogens is 1. The fourth-order valence-corrected chi connectivity index (χ4v) is 7.68. The van der Waals surface area contributed by atoms with E-state index < -0.39 is 14.6 Å². The van der Waals surface area contributed by atoms with Crippen LogP contribution >= 0.6 is 0 Å². The molecule has 1 aromatic heterocycles. The summed E-state index contributed by atoms with van der Waals surface area (Å²) in [6, 6.07) is 25.9. The van der Waals surface area contributed by atoms with Crippen LogP contribution < -0.4 is 5.32 Å². The molecule has 0 radical (unpaired) electrons. The number of amides is 1. The van der Waals surface area contributed by atoms with Gasteiger partial charge in [0.2, 0.25) is 0 Å². The lowest BCUT2D eigenvalue weighted by Crippen LogP contribution is -2.47. The van der Waals surface area contributed by atoms with Gasteiger partial charge in [0.1, 0.15) is 5.82 Å². The highest BCUT2D eigenvalue weighted by atomic mass is 28.4. The molecule has 2 N–H and O–H groups in total. The third kappa shape index (κ3) is 7.95. The third-order valence-corrected chi connectivity index (χ3v) is 14.1. The summed E-state index contributed by atoms with van der Waals surface area (Å²) in [5.41, 5.74) is 5.56. The van der Waals surface area contributed by atoms with Crippen LogP contribution in [0.1, 0.15) is 75.9 Å². The molecule has 1 amide bonds. The molecule has 1 unspecified atom stereocenters. The Kier molecular flexibility index (Phi) is 10.6. The second-order valence-corrected chi connectivity index (χ2v) is 19.2.